The molecule has 4 nitrogen and oxygen atoms in total. The third-order valence-electron chi connectivity index (χ3n) is 5.51. The first-order valence-corrected chi connectivity index (χ1v) is 8.59. The Balaban J connectivity index is 1.66. The Labute approximate surface area is 141 Å². The predicted octanol–water partition coefficient (Wildman–Crippen LogP) is 4.71. The van der Waals surface area contributed by atoms with Crippen LogP contribution in [0, 0.1) is 23.0 Å². The molecule has 0 unspecified atom stereocenters. The monoisotopic (exact) mass is 323 g/mol. The van der Waals surface area contributed by atoms with Crippen molar-refractivity contribution in [2.24, 2.45) is 5.92 Å². The van der Waals surface area contributed by atoms with Gasteiger partial charge in [0.25, 0.3) is 5.69 Å². The Morgan fingerprint density at radius 2 is 1.92 bits per heavy atom. The molecular weight excluding hydrogens is 302 g/mol. The summed E-state index contributed by atoms with van der Waals surface area (Å²) in [6, 6.07) is 13.7. The summed E-state index contributed by atoms with van der Waals surface area (Å²) < 4.78 is 6.11. The number of ether oxygens (including phenoxy) is 1. The van der Waals surface area contributed by atoms with Gasteiger partial charge in [-0.2, -0.15) is 0 Å². The summed E-state index contributed by atoms with van der Waals surface area (Å²) in [5.41, 5.74) is 5.47. The van der Waals surface area contributed by atoms with Crippen molar-refractivity contribution in [1.82, 2.24) is 0 Å². The summed E-state index contributed by atoms with van der Waals surface area (Å²) in [5.74, 6) is 0.983. The van der Waals surface area contributed by atoms with Crippen molar-refractivity contribution in [3.63, 3.8) is 0 Å². The fourth-order valence-electron chi connectivity index (χ4n) is 4.35. The number of hydrogen-bond donors (Lipinski definition) is 0. The summed E-state index contributed by atoms with van der Waals surface area (Å²) >= 11 is 0. The molecule has 2 aromatic rings. The molecule has 1 saturated heterocycles. The van der Waals surface area contributed by atoms with Gasteiger partial charge in [-0.25, -0.2) is 0 Å². The van der Waals surface area contributed by atoms with Crippen molar-refractivity contribution in [3.8, 4) is 0 Å². The maximum absolute atomic E-state index is 10.9. The minimum Gasteiger partial charge on any atom is -0.373 e. The lowest BCUT2D eigenvalue weighted by Crippen LogP contribution is -2.33. The summed E-state index contributed by atoms with van der Waals surface area (Å²) in [7, 11) is 0. The van der Waals surface area contributed by atoms with Gasteiger partial charge >= 0.3 is 0 Å². The molecule has 4 heteroatoms. The van der Waals surface area contributed by atoms with Gasteiger partial charge < -0.3 is 4.74 Å². The van der Waals surface area contributed by atoms with Crippen LogP contribution in [0.3, 0.4) is 0 Å². The number of fused-ring (bicyclic) bond motifs is 3. The largest absolute Gasteiger partial charge is 0.373 e. The van der Waals surface area contributed by atoms with Gasteiger partial charge in [0.15, 0.2) is 0 Å². The van der Waals surface area contributed by atoms with Crippen molar-refractivity contribution in [2.45, 2.75) is 38.2 Å². The second-order valence-corrected chi connectivity index (χ2v) is 6.94. The van der Waals surface area contributed by atoms with Crippen LogP contribution in [0.4, 0.5) is 5.69 Å². The summed E-state index contributed by atoms with van der Waals surface area (Å²) in [5, 5.41) is 10.9. The van der Waals surface area contributed by atoms with Gasteiger partial charge in [0, 0.05) is 18.7 Å². The van der Waals surface area contributed by atoms with E-state index in [0.717, 1.165) is 31.4 Å². The molecule has 0 radical (unpaired) electrons. The standard InChI is InChI=1S/C20H21NO3/c1-13-2-3-14-6-9-18-17(19(14)12-13)10-11-24-20(18)15-4-7-16(8-5-15)21(22)23/h2-5,7-8,12,17-18,20H,6,9-11H2,1H3/t17-,18-,20-/m1/s1. The predicted molar refractivity (Wildman–Crippen MR) is 92.1 cm³/mol. The molecular formula is C20H21NO3. The molecule has 0 bridgehead atoms. The molecule has 2 aromatic carbocycles. The number of non-ortho nitro benzene ring substituents is 1. The van der Waals surface area contributed by atoms with Crippen LogP contribution in [0.2, 0.25) is 0 Å². The van der Waals surface area contributed by atoms with Crippen molar-refractivity contribution in [3.05, 3.63) is 74.8 Å². The van der Waals surface area contributed by atoms with Gasteiger partial charge in [-0.05, 0) is 66.8 Å². The van der Waals surface area contributed by atoms with Gasteiger partial charge in [-0.15, -0.1) is 0 Å². The van der Waals surface area contributed by atoms with Crippen LogP contribution in [0.5, 0.6) is 0 Å². The number of nitro groups is 1. The summed E-state index contributed by atoms with van der Waals surface area (Å²) in [4.78, 5) is 10.5. The summed E-state index contributed by atoms with van der Waals surface area (Å²) in [6.07, 6.45) is 3.30. The lowest BCUT2D eigenvalue weighted by Gasteiger charge is -2.42. The second kappa shape index (κ2) is 6.02. The molecule has 124 valence electrons. The topological polar surface area (TPSA) is 52.4 Å². The van der Waals surface area contributed by atoms with E-state index in [0.29, 0.717) is 11.8 Å². The van der Waals surface area contributed by atoms with Gasteiger partial charge in [0.2, 0.25) is 0 Å². The van der Waals surface area contributed by atoms with Crippen molar-refractivity contribution >= 4 is 5.69 Å². The van der Waals surface area contributed by atoms with Gasteiger partial charge in [-0.3, -0.25) is 10.1 Å². The Hall–Kier alpha value is -2.20. The zero-order chi connectivity index (χ0) is 16.7. The van der Waals surface area contributed by atoms with E-state index >= 15 is 0 Å². The van der Waals surface area contributed by atoms with E-state index in [1.807, 2.05) is 12.1 Å². The lowest BCUT2D eigenvalue weighted by atomic mass is 9.69. The number of hydrogen-bond acceptors (Lipinski definition) is 3. The van der Waals surface area contributed by atoms with E-state index in [2.05, 4.69) is 25.1 Å². The zero-order valence-electron chi connectivity index (χ0n) is 13.8. The lowest BCUT2D eigenvalue weighted by molar-refractivity contribution is -0.384. The highest BCUT2D eigenvalue weighted by molar-refractivity contribution is 5.39. The van der Waals surface area contributed by atoms with Crippen LogP contribution >= 0.6 is 0 Å². The molecule has 1 aliphatic heterocycles. The molecule has 1 fully saturated rings. The van der Waals surface area contributed by atoms with Gasteiger partial charge in [-0.1, -0.05) is 23.8 Å². The minimum absolute atomic E-state index is 0.0400. The van der Waals surface area contributed by atoms with Crippen LogP contribution in [0.1, 0.15) is 47.1 Å². The first kappa shape index (κ1) is 15.3. The molecule has 1 heterocycles. The van der Waals surface area contributed by atoms with Crippen LogP contribution in [0.15, 0.2) is 42.5 Å². The fourth-order valence-corrected chi connectivity index (χ4v) is 4.35. The highest BCUT2D eigenvalue weighted by atomic mass is 16.6. The Morgan fingerprint density at radius 3 is 2.67 bits per heavy atom. The highest BCUT2D eigenvalue weighted by Crippen LogP contribution is 2.49. The molecule has 2 aliphatic rings. The van der Waals surface area contributed by atoms with Crippen LogP contribution in [0.25, 0.3) is 0 Å². The Morgan fingerprint density at radius 1 is 1.12 bits per heavy atom. The van der Waals surface area contributed by atoms with Crippen molar-refractivity contribution < 1.29 is 9.66 Å². The molecule has 4 rings (SSSR count). The molecule has 3 atom stereocenters. The molecule has 0 spiro atoms. The van der Waals surface area contributed by atoms with Gasteiger partial charge in [0.05, 0.1) is 11.0 Å². The third kappa shape index (κ3) is 2.61. The number of nitrogens with zero attached hydrogens (tertiary/aromatic N) is 1. The van der Waals surface area contributed by atoms with E-state index in [1.165, 1.54) is 16.7 Å². The number of benzene rings is 2. The van der Waals surface area contributed by atoms with E-state index in [1.54, 1.807) is 12.1 Å². The second-order valence-electron chi connectivity index (χ2n) is 6.94. The van der Waals surface area contributed by atoms with Crippen LogP contribution < -0.4 is 0 Å². The number of rotatable bonds is 2. The normalized spacial score (nSPS) is 25.6. The van der Waals surface area contributed by atoms with E-state index in [4.69, 9.17) is 4.74 Å². The zero-order valence-corrected chi connectivity index (χ0v) is 13.8. The highest BCUT2D eigenvalue weighted by Gasteiger charge is 2.39. The molecule has 24 heavy (non-hydrogen) atoms. The number of aryl methyl sites for hydroxylation is 2. The Kier molecular flexibility index (Phi) is 3.85. The average Bonchev–Trinajstić information content (AvgIpc) is 2.61. The van der Waals surface area contributed by atoms with Crippen molar-refractivity contribution in [1.29, 1.82) is 0 Å². The van der Waals surface area contributed by atoms with E-state index < -0.39 is 0 Å². The molecule has 0 amide bonds. The van der Waals surface area contributed by atoms with Crippen LogP contribution in [-0.4, -0.2) is 11.5 Å². The maximum atomic E-state index is 10.9. The average molecular weight is 323 g/mol. The molecule has 0 N–H and O–H groups in total. The first-order chi connectivity index (χ1) is 11.6. The Bertz CT molecular complexity index is 769. The first-order valence-electron chi connectivity index (χ1n) is 8.59. The molecule has 0 saturated carbocycles. The summed E-state index contributed by atoms with van der Waals surface area (Å²) in [6.45, 7) is 2.90. The molecule has 1 aliphatic carbocycles. The SMILES string of the molecule is Cc1ccc2c(c1)[C@@H]1CCO[C@H](c3ccc([N+](=O)[O-])cc3)[C@@H]1CC2. The van der Waals surface area contributed by atoms with Gasteiger partial charge in [0.1, 0.15) is 0 Å². The smallest absolute Gasteiger partial charge is 0.269 e. The third-order valence-corrected chi connectivity index (χ3v) is 5.51. The fraction of sp³-hybridized carbons (Fsp3) is 0.400. The quantitative estimate of drug-likeness (QED) is 0.594. The number of nitro benzene ring substituents is 1. The van der Waals surface area contributed by atoms with E-state index in [9.17, 15) is 10.1 Å². The van der Waals surface area contributed by atoms with Crippen molar-refractivity contribution in [2.75, 3.05) is 6.61 Å². The minimum atomic E-state index is -0.353. The van der Waals surface area contributed by atoms with Crippen LogP contribution in [-0.2, 0) is 11.2 Å². The molecule has 0 aromatic heterocycles. The maximum Gasteiger partial charge on any atom is 0.269 e. The van der Waals surface area contributed by atoms with E-state index in [-0.39, 0.29) is 16.7 Å².